The highest BCUT2D eigenvalue weighted by Crippen LogP contribution is 2.17. The fourth-order valence-electron chi connectivity index (χ4n) is 8.44. The summed E-state index contributed by atoms with van der Waals surface area (Å²) in [5, 5.41) is 23.3. The number of amides is 1. The summed E-state index contributed by atoms with van der Waals surface area (Å²) in [6.45, 7) is 4.90. The first-order valence-corrected chi connectivity index (χ1v) is 27.6. The Morgan fingerprint density at radius 1 is 0.435 bits per heavy atom. The lowest BCUT2D eigenvalue weighted by Crippen LogP contribution is -2.45. The molecule has 0 fully saturated rings. The van der Waals surface area contributed by atoms with Crippen molar-refractivity contribution in [2.24, 2.45) is 0 Å². The van der Waals surface area contributed by atoms with Crippen LogP contribution in [0.25, 0.3) is 0 Å². The number of aliphatic hydroxyl groups is 2. The molecule has 0 aliphatic heterocycles. The fraction of sp³-hybridized carbons (Fsp3) is 0.893. The molecule has 0 bridgehead atoms. The highest BCUT2D eigenvalue weighted by atomic mass is 16.5. The molecule has 0 aliphatic rings. The Bertz CT molecular complexity index is 966. The second-order valence-electron chi connectivity index (χ2n) is 18.9. The van der Waals surface area contributed by atoms with Gasteiger partial charge in [0.15, 0.2) is 0 Å². The van der Waals surface area contributed by atoms with Gasteiger partial charge >= 0.3 is 5.97 Å². The standard InChI is InChI=1S/C56H107NO5/c1-3-5-7-9-11-13-15-16-17-22-25-29-32-36-40-44-48-54(59)53(52-58)57-55(60)49-45-41-37-33-30-26-23-20-18-19-21-24-27-31-35-39-43-47-51-62-56(61)50-46-42-38-34-28-14-12-10-8-6-4-2/h10,12,20,23,53-54,58-59H,3-9,11,13-19,21-22,24-52H2,1-2H3,(H,57,60)/b12-10-,23-20-. The van der Waals surface area contributed by atoms with Crippen LogP contribution in [0.5, 0.6) is 0 Å². The Kier molecular flexibility index (Phi) is 50.6. The summed E-state index contributed by atoms with van der Waals surface area (Å²) in [6, 6.07) is -0.551. The highest BCUT2D eigenvalue weighted by Gasteiger charge is 2.20. The van der Waals surface area contributed by atoms with Gasteiger partial charge in [0.1, 0.15) is 0 Å². The van der Waals surface area contributed by atoms with E-state index in [4.69, 9.17) is 4.74 Å². The molecule has 6 heteroatoms. The van der Waals surface area contributed by atoms with Gasteiger partial charge in [0.25, 0.3) is 0 Å². The molecule has 366 valence electrons. The molecule has 0 radical (unpaired) electrons. The van der Waals surface area contributed by atoms with Gasteiger partial charge in [0, 0.05) is 12.8 Å². The monoisotopic (exact) mass is 874 g/mol. The molecule has 0 saturated carbocycles. The summed E-state index contributed by atoms with van der Waals surface area (Å²) in [6.07, 6.45) is 61.6. The maximum Gasteiger partial charge on any atom is 0.305 e. The van der Waals surface area contributed by atoms with E-state index >= 15 is 0 Å². The lowest BCUT2D eigenvalue weighted by molar-refractivity contribution is -0.143. The molecule has 3 N–H and O–H groups in total. The van der Waals surface area contributed by atoms with Crippen molar-refractivity contribution in [3.63, 3.8) is 0 Å². The van der Waals surface area contributed by atoms with Gasteiger partial charge in [-0.1, -0.05) is 237 Å². The lowest BCUT2D eigenvalue weighted by Gasteiger charge is -2.22. The Morgan fingerprint density at radius 2 is 0.774 bits per heavy atom. The van der Waals surface area contributed by atoms with Crippen LogP contribution in [-0.2, 0) is 14.3 Å². The number of carbonyl (C=O) groups is 2. The zero-order valence-corrected chi connectivity index (χ0v) is 41.6. The van der Waals surface area contributed by atoms with Crippen LogP contribution < -0.4 is 5.32 Å². The first-order valence-electron chi connectivity index (χ1n) is 27.6. The summed E-state index contributed by atoms with van der Waals surface area (Å²) < 4.78 is 5.44. The minimum atomic E-state index is -0.672. The van der Waals surface area contributed by atoms with Crippen molar-refractivity contribution in [1.29, 1.82) is 0 Å². The molecule has 0 aliphatic carbocycles. The van der Waals surface area contributed by atoms with Crippen LogP contribution in [-0.4, -0.2) is 47.4 Å². The Morgan fingerprint density at radius 3 is 1.19 bits per heavy atom. The number of allylic oxidation sites excluding steroid dienone is 4. The first-order chi connectivity index (χ1) is 30.5. The van der Waals surface area contributed by atoms with Gasteiger partial charge in [-0.3, -0.25) is 9.59 Å². The number of carbonyl (C=O) groups excluding carboxylic acids is 2. The van der Waals surface area contributed by atoms with Crippen molar-refractivity contribution in [1.82, 2.24) is 5.32 Å². The summed E-state index contributed by atoms with van der Waals surface area (Å²) in [5.74, 6) is -0.0564. The molecule has 0 aromatic heterocycles. The zero-order valence-electron chi connectivity index (χ0n) is 41.6. The number of unbranched alkanes of at least 4 members (excludes halogenated alkanes) is 36. The molecule has 6 nitrogen and oxygen atoms in total. The Balaban J connectivity index is 3.46. The minimum absolute atomic E-state index is 0.00812. The molecular formula is C56H107NO5. The van der Waals surface area contributed by atoms with Crippen LogP contribution in [0.1, 0.15) is 296 Å². The van der Waals surface area contributed by atoms with E-state index in [-0.39, 0.29) is 18.5 Å². The number of ether oxygens (including phenoxy) is 1. The largest absolute Gasteiger partial charge is 0.466 e. The van der Waals surface area contributed by atoms with E-state index < -0.39 is 12.1 Å². The summed E-state index contributed by atoms with van der Waals surface area (Å²) in [5.41, 5.74) is 0. The van der Waals surface area contributed by atoms with Crippen LogP contribution in [0, 0.1) is 0 Å². The predicted octanol–water partition coefficient (Wildman–Crippen LogP) is 16.7. The molecule has 0 rings (SSSR count). The molecule has 62 heavy (non-hydrogen) atoms. The second kappa shape index (κ2) is 52.0. The van der Waals surface area contributed by atoms with Crippen LogP contribution in [0.15, 0.2) is 24.3 Å². The van der Waals surface area contributed by atoms with Crippen molar-refractivity contribution in [2.75, 3.05) is 13.2 Å². The van der Waals surface area contributed by atoms with Gasteiger partial charge in [0.2, 0.25) is 5.91 Å². The summed E-state index contributed by atoms with van der Waals surface area (Å²) >= 11 is 0. The van der Waals surface area contributed by atoms with E-state index in [9.17, 15) is 19.8 Å². The van der Waals surface area contributed by atoms with E-state index in [1.165, 1.54) is 205 Å². The van der Waals surface area contributed by atoms with Crippen molar-refractivity contribution in [3.8, 4) is 0 Å². The molecule has 0 spiro atoms. The first kappa shape index (κ1) is 60.3. The van der Waals surface area contributed by atoms with Crippen LogP contribution in [0.4, 0.5) is 0 Å². The number of aliphatic hydroxyl groups excluding tert-OH is 2. The van der Waals surface area contributed by atoms with Crippen LogP contribution >= 0.6 is 0 Å². The number of hydrogen-bond donors (Lipinski definition) is 3. The third kappa shape index (κ3) is 47.8. The molecule has 0 saturated heterocycles. The molecule has 2 atom stereocenters. The number of nitrogens with one attached hydrogen (secondary N) is 1. The SMILES string of the molecule is CCCC/C=C\CCCCCCCC(=O)OCCCCCCCCCCC/C=C\CCCCCCCC(=O)NC(CO)C(O)CCCCCCCCCCCCCCCCCC. The van der Waals surface area contributed by atoms with Crippen molar-refractivity contribution >= 4 is 11.9 Å². The van der Waals surface area contributed by atoms with E-state index in [0.29, 0.717) is 25.9 Å². The maximum atomic E-state index is 12.5. The second-order valence-corrected chi connectivity index (χ2v) is 18.9. The fourth-order valence-corrected chi connectivity index (χ4v) is 8.44. The normalized spacial score (nSPS) is 12.8. The number of rotatable bonds is 51. The minimum Gasteiger partial charge on any atom is -0.466 e. The molecule has 1 amide bonds. The highest BCUT2D eigenvalue weighted by molar-refractivity contribution is 5.76. The topological polar surface area (TPSA) is 95.9 Å². The van der Waals surface area contributed by atoms with Crippen molar-refractivity contribution in [2.45, 2.75) is 309 Å². The van der Waals surface area contributed by atoms with E-state index in [2.05, 4.69) is 43.5 Å². The summed E-state index contributed by atoms with van der Waals surface area (Å²) in [7, 11) is 0. The third-order valence-corrected chi connectivity index (χ3v) is 12.7. The van der Waals surface area contributed by atoms with Gasteiger partial charge in [0.05, 0.1) is 25.4 Å². The van der Waals surface area contributed by atoms with E-state index in [0.717, 1.165) is 57.8 Å². The van der Waals surface area contributed by atoms with Gasteiger partial charge in [-0.05, 0) is 70.6 Å². The van der Waals surface area contributed by atoms with Gasteiger partial charge in [-0.25, -0.2) is 0 Å². The smallest absolute Gasteiger partial charge is 0.305 e. The lowest BCUT2D eigenvalue weighted by atomic mass is 10.0. The third-order valence-electron chi connectivity index (χ3n) is 12.7. The van der Waals surface area contributed by atoms with Crippen LogP contribution in [0.3, 0.4) is 0 Å². The Hall–Kier alpha value is -1.66. The van der Waals surface area contributed by atoms with E-state index in [1.54, 1.807) is 0 Å². The predicted molar refractivity (Wildman–Crippen MR) is 269 cm³/mol. The van der Waals surface area contributed by atoms with E-state index in [1.807, 2.05) is 0 Å². The molecule has 0 heterocycles. The molecule has 2 unspecified atom stereocenters. The Labute approximate surface area is 386 Å². The summed E-state index contributed by atoms with van der Waals surface area (Å²) in [4.78, 5) is 24.4. The molecule has 0 aromatic rings. The zero-order chi connectivity index (χ0) is 45.1. The number of esters is 1. The van der Waals surface area contributed by atoms with Crippen LogP contribution in [0.2, 0.25) is 0 Å². The number of hydrogen-bond acceptors (Lipinski definition) is 5. The average molecular weight is 874 g/mol. The van der Waals surface area contributed by atoms with Gasteiger partial charge in [-0.15, -0.1) is 0 Å². The molecular weight excluding hydrogens is 767 g/mol. The van der Waals surface area contributed by atoms with Crippen molar-refractivity contribution in [3.05, 3.63) is 24.3 Å². The maximum absolute atomic E-state index is 12.5. The quantitative estimate of drug-likeness (QED) is 0.0321. The average Bonchev–Trinajstić information content (AvgIpc) is 3.27. The molecule has 0 aromatic carbocycles. The van der Waals surface area contributed by atoms with Gasteiger partial charge in [-0.2, -0.15) is 0 Å². The van der Waals surface area contributed by atoms with Gasteiger partial charge < -0.3 is 20.3 Å². The van der Waals surface area contributed by atoms with Crippen molar-refractivity contribution < 1.29 is 24.5 Å².